The molecular weight excluding hydrogens is 472 g/mol. The van der Waals surface area contributed by atoms with Crippen LogP contribution < -0.4 is 20.3 Å². The summed E-state index contributed by atoms with van der Waals surface area (Å²) in [5, 5.41) is 0. The third-order valence-corrected chi connectivity index (χ3v) is 6.22. The van der Waals surface area contributed by atoms with Crippen molar-refractivity contribution in [1.82, 2.24) is 14.9 Å². The molecule has 10 heteroatoms. The lowest BCUT2D eigenvalue weighted by molar-refractivity contribution is -0.156. The molecule has 200 valence electrons. The summed E-state index contributed by atoms with van der Waals surface area (Å²) >= 11 is 0. The number of hydrogen-bond acceptors (Lipinski definition) is 10. The Labute approximate surface area is 219 Å². The molecule has 0 aliphatic carbocycles. The van der Waals surface area contributed by atoms with Gasteiger partial charge >= 0.3 is 5.97 Å². The van der Waals surface area contributed by atoms with Gasteiger partial charge in [0, 0.05) is 39.3 Å². The molecule has 2 saturated heterocycles. The van der Waals surface area contributed by atoms with Crippen LogP contribution in [0.2, 0.25) is 0 Å². The number of morpholine rings is 1. The highest BCUT2D eigenvalue weighted by Crippen LogP contribution is 2.32. The second-order valence-electron chi connectivity index (χ2n) is 10.2. The van der Waals surface area contributed by atoms with Gasteiger partial charge in [0.25, 0.3) is 0 Å². The lowest BCUT2D eigenvalue weighted by atomic mass is 10.2. The van der Waals surface area contributed by atoms with E-state index in [2.05, 4.69) is 14.7 Å². The van der Waals surface area contributed by atoms with Crippen LogP contribution in [0, 0.1) is 0 Å². The Morgan fingerprint density at radius 3 is 2.14 bits per heavy atom. The molecular formula is C27H38N6O4. The summed E-state index contributed by atoms with van der Waals surface area (Å²) in [7, 11) is 1.65. The first kappa shape index (κ1) is 26.7. The highest BCUT2D eigenvalue weighted by atomic mass is 16.6. The van der Waals surface area contributed by atoms with E-state index in [1.165, 1.54) is 0 Å². The molecule has 2 aromatic rings. The maximum Gasteiger partial charge on any atom is 0.320 e. The molecule has 4 rings (SSSR count). The van der Waals surface area contributed by atoms with Crippen molar-refractivity contribution in [2.45, 2.75) is 26.4 Å². The fourth-order valence-electron chi connectivity index (χ4n) is 4.35. The molecule has 0 radical (unpaired) electrons. The van der Waals surface area contributed by atoms with Gasteiger partial charge in [-0.1, -0.05) is 18.2 Å². The van der Waals surface area contributed by atoms with Crippen molar-refractivity contribution < 1.29 is 19.0 Å². The molecule has 0 unspecified atom stereocenters. The number of esters is 1. The number of piperazine rings is 1. The normalized spacial score (nSPS) is 17.3. The minimum atomic E-state index is -0.486. The third-order valence-electron chi connectivity index (χ3n) is 6.22. The molecule has 2 aliphatic rings. The van der Waals surface area contributed by atoms with E-state index in [0.717, 1.165) is 36.0 Å². The van der Waals surface area contributed by atoms with E-state index in [1.54, 1.807) is 7.11 Å². The van der Waals surface area contributed by atoms with E-state index >= 15 is 0 Å². The van der Waals surface area contributed by atoms with Gasteiger partial charge in [-0.25, -0.2) is 9.97 Å². The summed E-state index contributed by atoms with van der Waals surface area (Å²) in [6.45, 7) is 11.5. The third kappa shape index (κ3) is 7.33. The summed E-state index contributed by atoms with van der Waals surface area (Å²) in [4.78, 5) is 28.4. The Hall–Kier alpha value is -3.37. The molecule has 2 fully saturated rings. The maximum atomic E-state index is 12.3. The van der Waals surface area contributed by atoms with Crippen LogP contribution in [0.3, 0.4) is 0 Å². The topological polar surface area (TPSA) is 106 Å². The van der Waals surface area contributed by atoms with Crippen molar-refractivity contribution in [3.63, 3.8) is 0 Å². The van der Waals surface area contributed by atoms with Crippen molar-refractivity contribution >= 4 is 35.4 Å². The molecule has 0 spiro atoms. The van der Waals surface area contributed by atoms with Crippen LogP contribution in [-0.4, -0.2) is 92.6 Å². The number of nitrogen functional groups attached to an aromatic ring is 1. The molecule has 10 nitrogen and oxygen atoms in total. The van der Waals surface area contributed by atoms with Crippen molar-refractivity contribution in [3.05, 3.63) is 35.7 Å². The number of benzene rings is 1. The zero-order valence-electron chi connectivity index (χ0n) is 22.3. The van der Waals surface area contributed by atoms with Gasteiger partial charge in [-0.05, 0) is 44.5 Å². The average molecular weight is 511 g/mol. The number of ether oxygens (including phenoxy) is 3. The SMILES string of the molecule is COc1ccc(/C=C/c2nc(N3CCOCC3)c(N)c(N3CCN(CC(=O)OC(C)(C)C)CC3)n2)cc1. The zero-order chi connectivity index (χ0) is 26.4. The van der Waals surface area contributed by atoms with Crippen LogP contribution in [-0.2, 0) is 14.3 Å². The van der Waals surface area contributed by atoms with Crippen molar-refractivity contribution in [2.24, 2.45) is 0 Å². The van der Waals surface area contributed by atoms with Crippen LogP contribution in [0.25, 0.3) is 12.2 Å². The second kappa shape index (κ2) is 11.8. The highest BCUT2D eigenvalue weighted by molar-refractivity contribution is 5.79. The Bertz CT molecular complexity index is 1090. The van der Waals surface area contributed by atoms with E-state index in [1.807, 2.05) is 57.2 Å². The Morgan fingerprint density at radius 2 is 1.57 bits per heavy atom. The van der Waals surface area contributed by atoms with Crippen molar-refractivity contribution in [2.75, 3.05) is 81.7 Å². The predicted octanol–water partition coefficient (Wildman–Crippen LogP) is 2.54. The van der Waals surface area contributed by atoms with E-state index in [4.69, 9.17) is 29.9 Å². The smallest absolute Gasteiger partial charge is 0.320 e. The number of nitrogens with zero attached hydrogens (tertiary/aromatic N) is 5. The van der Waals surface area contributed by atoms with Crippen LogP contribution in [0.5, 0.6) is 5.75 Å². The minimum Gasteiger partial charge on any atom is -0.497 e. The summed E-state index contributed by atoms with van der Waals surface area (Å²) in [5.74, 6) is 2.66. The lowest BCUT2D eigenvalue weighted by Crippen LogP contribution is -2.49. The van der Waals surface area contributed by atoms with Crippen LogP contribution in [0.1, 0.15) is 32.2 Å². The van der Waals surface area contributed by atoms with E-state index in [-0.39, 0.29) is 12.5 Å². The van der Waals surface area contributed by atoms with Gasteiger partial charge in [-0.2, -0.15) is 0 Å². The molecule has 0 bridgehead atoms. The van der Waals surface area contributed by atoms with Crippen LogP contribution in [0.15, 0.2) is 24.3 Å². The average Bonchev–Trinajstić information content (AvgIpc) is 2.88. The number of anilines is 3. The number of aromatic nitrogens is 2. The van der Waals surface area contributed by atoms with E-state index < -0.39 is 5.60 Å². The Balaban J connectivity index is 1.52. The first-order chi connectivity index (χ1) is 17.7. The minimum absolute atomic E-state index is 0.206. The predicted molar refractivity (Wildman–Crippen MR) is 146 cm³/mol. The first-order valence-electron chi connectivity index (χ1n) is 12.7. The van der Waals surface area contributed by atoms with E-state index in [0.29, 0.717) is 50.9 Å². The quantitative estimate of drug-likeness (QED) is 0.559. The fourth-order valence-corrected chi connectivity index (χ4v) is 4.35. The zero-order valence-corrected chi connectivity index (χ0v) is 22.3. The van der Waals surface area contributed by atoms with Gasteiger partial charge in [0.1, 0.15) is 17.0 Å². The molecule has 2 N–H and O–H groups in total. The number of carbonyl (C=O) groups excluding carboxylic acids is 1. The van der Waals surface area contributed by atoms with Gasteiger partial charge in [0.05, 0.1) is 26.9 Å². The summed E-state index contributed by atoms with van der Waals surface area (Å²) < 4.78 is 16.3. The Morgan fingerprint density at radius 1 is 0.973 bits per heavy atom. The molecule has 3 heterocycles. The molecule has 0 atom stereocenters. The monoisotopic (exact) mass is 510 g/mol. The first-order valence-corrected chi connectivity index (χ1v) is 12.7. The molecule has 2 aliphatic heterocycles. The molecule has 1 aromatic carbocycles. The van der Waals surface area contributed by atoms with Crippen molar-refractivity contribution in [1.29, 1.82) is 0 Å². The summed E-state index contributed by atoms with van der Waals surface area (Å²) in [6.07, 6.45) is 3.89. The molecule has 0 amide bonds. The summed E-state index contributed by atoms with van der Waals surface area (Å²) in [5.41, 5.74) is 7.77. The summed E-state index contributed by atoms with van der Waals surface area (Å²) in [6, 6.07) is 7.82. The van der Waals surface area contributed by atoms with Gasteiger partial charge in [-0.15, -0.1) is 0 Å². The number of nitrogens with two attached hydrogens (primary N) is 1. The number of methoxy groups -OCH3 is 1. The van der Waals surface area contributed by atoms with Crippen molar-refractivity contribution in [3.8, 4) is 5.75 Å². The van der Waals surface area contributed by atoms with Gasteiger partial charge in [0.2, 0.25) is 0 Å². The standard InChI is InChI=1S/C27H38N6O4/c1-27(2,3)37-23(34)19-31-11-13-32(14-12-31)25-24(28)26(33-15-17-36-18-16-33)30-22(29-25)10-7-20-5-8-21(35-4)9-6-20/h5-10H,11-19,28H2,1-4H3/b10-7+. The molecule has 37 heavy (non-hydrogen) atoms. The van der Waals surface area contributed by atoms with E-state index in [9.17, 15) is 4.79 Å². The Kier molecular flexibility index (Phi) is 8.50. The van der Waals surface area contributed by atoms with Crippen LogP contribution >= 0.6 is 0 Å². The lowest BCUT2D eigenvalue weighted by Gasteiger charge is -2.36. The maximum absolute atomic E-state index is 12.3. The number of rotatable bonds is 7. The second-order valence-corrected chi connectivity index (χ2v) is 10.2. The fraction of sp³-hybridized carbons (Fsp3) is 0.519. The van der Waals surface area contributed by atoms with Crippen LogP contribution in [0.4, 0.5) is 17.3 Å². The molecule has 1 aromatic heterocycles. The molecule has 0 saturated carbocycles. The van der Waals surface area contributed by atoms with Gasteiger partial charge < -0.3 is 29.7 Å². The number of carbonyl (C=O) groups is 1. The van der Waals surface area contributed by atoms with Gasteiger partial charge in [-0.3, -0.25) is 9.69 Å². The highest BCUT2D eigenvalue weighted by Gasteiger charge is 2.27. The number of hydrogen-bond donors (Lipinski definition) is 1. The largest absolute Gasteiger partial charge is 0.497 e. The van der Waals surface area contributed by atoms with Gasteiger partial charge in [0.15, 0.2) is 17.5 Å².